The van der Waals surface area contributed by atoms with Crippen LogP contribution in [0.15, 0.2) is 0 Å². The molecule has 1 aliphatic carbocycles. The van der Waals surface area contributed by atoms with E-state index < -0.39 is 18.7 Å². The maximum atomic E-state index is 11.4. The van der Waals surface area contributed by atoms with Gasteiger partial charge in [0.1, 0.15) is 0 Å². The third-order valence-corrected chi connectivity index (χ3v) is 5.17. The Morgan fingerprint density at radius 1 is 1.19 bits per heavy atom. The molecule has 0 radical (unpaired) electrons. The minimum Gasteiger partial charge on any atom is -0.480 e. The number of hydrogen-bond acceptors (Lipinski definition) is 4. The molecule has 16 heavy (non-hydrogen) atoms. The zero-order valence-electron chi connectivity index (χ0n) is 8.59. The normalized spacial score (nSPS) is 39.4. The molecule has 8 heteroatoms. The first-order valence-electron chi connectivity index (χ1n) is 5.13. The zero-order chi connectivity index (χ0) is 12.0. The highest BCUT2D eigenvalue weighted by Gasteiger charge is 2.61. The molecule has 0 amide bonds. The van der Waals surface area contributed by atoms with Crippen LogP contribution < -0.4 is 10.6 Å². The molecular weight excluding hydrogens is 235 g/mol. The Hall–Kier alpha value is -0.460. The third kappa shape index (κ3) is 1.69. The second-order valence-electron chi connectivity index (χ2n) is 4.41. The molecular formula is C8H15N2O5P. The lowest BCUT2D eigenvalue weighted by Gasteiger charge is -2.27. The molecule has 1 heterocycles. The first-order valence-corrected chi connectivity index (χ1v) is 6.74. The summed E-state index contributed by atoms with van der Waals surface area (Å²) in [6.07, 6.45) is -0.0471. The second-order valence-corrected chi connectivity index (χ2v) is 6.35. The van der Waals surface area contributed by atoms with Crippen LogP contribution >= 0.6 is 7.60 Å². The SMILES string of the molecule is O=C(O)C1(P(=O)(O)O)CC2NCCNC2C1. The first-order chi connectivity index (χ1) is 7.37. The molecule has 2 atom stereocenters. The molecule has 1 saturated carbocycles. The van der Waals surface area contributed by atoms with Crippen molar-refractivity contribution >= 4 is 13.6 Å². The smallest absolute Gasteiger partial charge is 0.342 e. The molecule has 2 aliphatic rings. The van der Waals surface area contributed by atoms with Gasteiger partial charge in [0.05, 0.1) is 0 Å². The summed E-state index contributed by atoms with van der Waals surface area (Å²) in [7, 11) is -4.65. The number of rotatable bonds is 2. The maximum absolute atomic E-state index is 11.4. The van der Waals surface area contributed by atoms with Gasteiger partial charge in [-0.25, -0.2) is 0 Å². The van der Waals surface area contributed by atoms with Crippen molar-refractivity contribution in [1.29, 1.82) is 0 Å². The largest absolute Gasteiger partial charge is 0.480 e. The van der Waals surface area contributed by atoms with E-state index in [0.717, 1.165) is 0 Å². The zero-order valence-corrected chi connectivity index (χ0v) is 9.48. The van der Waals surface area contributed by atoms with E-state index >= 15 is 0 Å². The molecule has 2 unspecified atom stereocenters. The fourth-order valence-corrected chi connectivity index (χ4v) is 3.69. The molecule has 0 spiro atoms. The van der Waals surface area contributed by atoms with E-state index in [1.165, 1.54) is 0 Å². The van der Waals surface area contributed by atoms with Gasteiger partial charge in [-0.15, -0.1) is 0 Å². The quantitative estimate of drug-likeness (QED) is 0.387. The highest BCUT2D eigenvalue weighted by atomic mass is 31.2. The standard InChI is InChI=1S/C8H15N2O5P/c11-7(12)8(16(13,14)15)3-5-6(4-8)10-2-1-9-5/h5-6,9-10H,1-4H2,(H,11,12)(H2,13,14,15). The van der Waals surface area contributed by atoms with Gasteiger partial charge in [-0.1, -0.05) is 0 Å². The fourth-order valence-electron chi connectivity index (χ4n) is 2.58. The van der Waals surface area contributed by atoms with Crippen LogP contribution in [0.3, 0.4) is 0 Å². The number of piperazine rings is 1. The Kier molecular flexibility index (Phi) is 2.84. The monoisotopic (exact) mass is 250 g/mol. The van der Waals surface area contributed by atoms with E-state index in [1.54, 1.807) is 0 Å². The first kappa shape index (κ1) is 12.0. The lowest BCUT2D eigenvalue weighted by atomic mass is 10.1. The fraction of sp³-hybridized carbons (Fsp3) is 0.875. The Labute approximate surface area is 92.4 Å². The predicted octanol–water partition coefficient (Wildman–Crippen LogP) is -1.29. The summed E-state index contributed by atoms with van der Waals surface area (Å²) in [5, 5.41) is 13.4. The maximum Gasteiger partial charge on any atom is 0.342 e. The second kappa shape index (κ2) is 3.78. The molecule has 92 valence electrons. The van der Waals surface area contributed by atoms with Gasteiger partial charge in [0.25, 0.3) is 0 Å². The van der Waals surface area contributed by atoms with Gasteiger partial charge in [0, 0.05) is 25.2 Å². The van der Waals surface area contributed by atoms with Crippen LogP contribution in [0.5, 0.6) is 0 Å². The highest BCUT2D eigenvalue weighted by Crippen LogP contribution is 2.59. The van der Waals surface area contributed by atoms with Gasteiger partial charge in [0.2, 0.25) is 0 Å². The molecule has 0 bridgehead atoms. The van der Waals surface area contributed by atoms with Crippen molar-refractivity contribution in [2.45, 2.75) is 30.1 Å². The predicted molar refractivity (Wildman–Crippen MR) is 55.2 cm³/mol. The number of carboxylic acid groups (broad SMARTS) is 1. The van der Waals surface area contributed by atoms with Crippen LogP contribution in [-0.4, -0.2) is 51.2 Å². The van der Waals surface area contributed by atoms with Crippen molar-refractivity contribution in [1.82, 2.24) is 10.6 Å². The minimum absolute atomic E-state index is 0.0235. The summed E-state index contributed by atoms with van der Waals surface area (Å²) in [5.41, 5.74) is 0. The van der Waals surface area contributed by atoms with E-state index in [4.69, 9.17) is 5.11 Å². The summed E-state index contributed by atoms with van der Waals surface area (Å²) in [6.45, 7) is 1.38. The van der Waals surface area contributed by atoms with E-state index in [-0.39, 0.29) is 24.9 Å². The van der Waals surface area contributed by atoms with Gasteiger partial charge >= 0.3 is 13.6 Å². The summed E-state index contributed by atoms with van der Waals surface area (Å²) in [6, 6.07) is -0.338. The van der Waals surface area contributed by atoms with Crippen molar-refractivity contribution in [3.05, 3.63) is 0 Å². The summed E-state index contributed by atoms with van der Waals surface area (Å²) in [5.74, 6) is -1.40. The lowest BCUT2D eigenvalue weighted by molar-refractivity contribution is -0.140. The van der Waals surface area contributed by atoms with Gasteiger partial charge in [-0.2, -0.15) is 0 Å². The van der Waals surface area contributed by atoms with E-state index in [1.807, 2.05) is 0 Å². The molecule has 2 rings (SSSR count). The van der Waals surface area contributed by atoms with Gasteiger partial charge in [-0.05, 0) is 12.8 Å². The minimum atomic E-state index is -4.65. The van der Waals surface area contributed by atoms with E-state index in [0.29, 0.717) is 13.1 Å². The Bertz CT molecular complexity index is 340. The van der Waals surface area contributed by atoms with Crippen LogP contribution in [0.4, 0.5) is 0 Å². The number of nitrogens with one attached hydrogen (secondary N) is 2. The van der Waals surface area contributed by atoms with Crippen molar-refractivity contribution in [3.63, 3.8) is 0 Å². The van der Waals surface area contributed by atoms with Crippen LogP contribution in [0.25, 0.3) is 0 Å². The third-order valence-electron chi connectivity index (χ3n) is 3.49. The molecule has 0 aromatic rings. The topological polar surface area (TPSA) is 119 Å². The van der Waals surface area contributed by atoms with Crippen LogP contribution in [-0.2, 0) is 9.36 Å². The van der Waals surface area contributed by atoms with Crippen LogP contribution in [0.1, 0.15) is 12.8 Å². The van der Waals surface area contributed by atoms with Gasteiger partial charge < -0.3 is 25.5 Å². The van der Waals surface area contributed by atoms with Crippen molar-refractivity contribution in [2.24, 2.45) is 0 Å². The summed E-state index contributed by atoms with van der Waals surface area (Å²) < 4.78 is 11.4. The lowest BCUT2D eigenvalue weighted by Crippen LogP contribution is -2.52. The summed E-state index contributed by atoms with van der Waals surface area (Å²) >= 11 is 0. The molecule has 0 aromatic carbocycles. The summed E-state index contributed by atoms with van der Waals surface area (Å²) in [4.78, 5) is 29.7. The Morgan fingerprint density at radius 2 is 1.62 bits per heavy atom. The number of carboxylic acids is 1. The van der Waals surface area contributed by atoms with Crippen molar-refractivity contribution < 1.29 is 24.3 Å². The van der Waals surface area contributed by atoms with Gasteiger partial charge in [-0.3, -0.25) is 9.36 Å². The Morgan fingerprint density at radius 3 is 1.94 bits per heavy atom. The molecule has 1 saturated heterocycles. The molecule has 2 fully saturated rings. The van der Waals surface area contributed by atoms with Crippen molar-refractivity contribution in [2.75, 3.05) is 13.1 Å². The van der Waals surface area contributed by atoms with Crippen LogP contribution in [0, 0.1) is 0 Å². The van der Waals surface area contributed by atoms with E-state index in [2.05, 4.69) is 10.6 Å². The molecule has 5 N–H and O–H groups in total. The highest BCUT2D eigenvalue weighted by molar-refractivity contribution is 7.54. The Balaban J connectivity index is 2.31. The van der Waals surface area contributed by atoms with Crippen LogP contribution in [0.2, 0.25) is 0 Å². The van der Waals surface area contributed by atoms with E-state index in [9.17, 15) is 19.1 Å². The average molecular weight is 250 g/mol. The number of hydrogen-bond donors (Lipinski definition) is 5. The number of aliphatic carboxylic acids is 1. The average Bonchev–Trinajstić information content (AvgIpc) is 2.56. The molecule has 0 aromatic heterocycles. The van der Waals surface area contributed by atoms with Gasteiger partial charge in [0.15, 0.2) is 5.16 Å². The molecule has 7 nitrogen and oxygen atoms in total. The number of carbonyl (C=O) groups is 1. The van der Waals surface area contributed by atoms with Crippen molar-refractivity contribution in [3.8, 4) is 0 Å². The molecule has 1 aliphatic heterocycles. The number of fused-ring (bicyclic) bond motifs is 1.